The first-order valence-electron chi connectivity index (χ1n) is 6.78. The predicted octanol–water partition coefficient (Wildman–Crippen LogP) is 2.39. The van der Waals surface area contributed by atoms with Crippen molar-refractivity contribution >= 4 is 16.1 Å². The Morgan fingerprint density at radius 2 is 1.59 bits per heavy atom. The molecular formula is C15H25NO5S. The van der Waals surface area contributed by atoms with Crippen LogP contribution in [0.3, 0.4) is 0 Å². The van der Waals surface area contributed by atoms with Gasteiger partial charge in [-0.1, -0.05) is 50.6 Å². The minimum absolute atomic E-state index is 0.341. The molecule has 0 aliphatic rings. The summed E-state index contributed by atoms with van der Waals surface area (Å²) in [6, 6.07) is 6.27. The van der Waals surface area contributed by atoms with Gasteiger partial charge in [-0.3, -0.25) is 9.35 Å². The van der Waals surface area contributed by atoms with Crippen molar-refractivity contribution in [1.29, 1.82) is 0 Å². The molecular weight excluding hydrogens is 306 g/mol. The van der Waals surface area contributed by atoms with Crippen LogP contribution >= 0.6 is 0 Å². The zero-order valence-corrected chi connectivity index (χ0v) is 14.4. The van der Waals surface area contributed by atoms with Gasteiger partial charge in [-0.05, 0) is 24.8 Å². The number of aliphatic carboxylic acids is 1. The lowest BCUT2D eigenvalue weighted by Crippen LogP contribution is -2.41. The summed E-state index contributed by atoms with van der Waals surface area (Å²) in [6.07, 6.45) is 0. The summed E-state index contributed by atoms with van der Waals surface area (Å²) >= 11 is 0. The third-order valence-corrected chi connectivity index (χ3v) is 4.36. The van der Waals surface area contributed by atoms with Crippen LogP contribution in [0.1, 0.15) is 44.1 Å². The molecule has 4 N–H and O–H groups in total. The quantitative estimate of drug-likeness (QED) is 0.732. The van der Waals surface area contributed by atoms with E-state index in [1.165, 1.54) is 6.92 Å². The zero-order valence-electron chi connectivity index (χ0n) is 13.6. The van der Waals surface area contributed by atoms with Gasteiger partial charge in [0.1, 0.15) is 11.3 Å². The Bertz CT molecular complexity index is 587. The van der Waals surface area contributed by atoms with Gasteiger partial charge < -0.3 is 10.8 Å². The smallest absolute Gasteiger partial charge is 0.321 e. The molecule has 0 amide bonds. The SMILES string of the molecule is CC(C)(C)[C@H](N)C(=O)O.Cc1ccc(C(C)S(=O)(=O)O)cc1. The molecule has 0 aliphatic carbocycles. The van der Waals surface area contributed by atoms with E-state index in [1.807, 2.05) is 19.1 Å². The Balaban J connectivity index is 0.000000433. The second kappa shape index (κ2) is 7.71. The standard InChI is InChI=1S/C9H12O3S.C6H13NO2/c1-7-3-5-9(6-4-7)8(2)13(10,11)12;1-6(2,3)4(7)5(8)9/h3-6,8H,1-2H3,(H,10,11,12);4H,7H2,1-3H3,(H,8,9)/t;4-/m.1/s1. The molecule has 0 radical (unpaired) electrons. The first-order chi connectivity index (χ1) is 9.76. The van der Waals surface area contributed by atoms with E-state index in [0.717, 1.165) is 5.56 Å². The second-order valence-corrected chi connectivity index (χ2v) is 7.99. The van der Waals surface area contributed by atoms with Crippen LogP contribution in [0.5, 0.6) is 0 Å². The normalized spacial score (nSPS) is 14.5. The van der Waals surface area contributed by atoms with Gasteiger partial charge in [-0.25, -0.2) is 0 Å². The molecule has 0 fully saturated rings. The molecule has 2 atom stereocenters. The van der Waals surface area contributed by atoms with Crippen molar-refractivity contribution in [2.24, 2.45) is 11.1 Å². The Morgan fingerprint density at radius 3 is 1.82 bits per heavy atom. The third-order valence-electron chi connectivity index (χ3n) is 3.19. The lowest BCUT2D eigenvalue weighted by atomic mass is 9.88. The Kier molecular flexibility index (Phi) is 7.21. The number of carboxylic acid groups (broad SMARTS) is 1. The maximum atomic E-state index is 10.8. The fourth-order valence-corrected chi connectivity index (χ4v) is 1.88. The van der Waals surface area contributed by atoms with Crippen molar-refractivity contribution in [2.75, 3.05) is 0 Å². The maximum Gasteiger partial charge on any atom is 0.321 e. The van der Waals surface area contributed by atoms with E-state index in [9.17, 15) is 13.2 Å². The molecule has 126 valence electrons. The summed E-state index contributed by atoms with van der Waals surface area (Å²) in [5.74, 6) is -0.942. The van der Waals surface area contributed by atoms with Gasteiger partial charge in [-0.2, -0.15) is 8.42 Å². The van der Waals surface area contributed by atoms with Gasteiger partial charge in [0.05, 0.1) is 0 Å². The third kappa shape index (κ3) is 7.02. The number of carboxylic acids is 1. The summed E-state index contributed by atoms with van der Waals surface area (Å²) < 4.78 is 30.3. The van der Waals surface area contributed by atoms with E-state index in [4.69, 9.17) is 15.4 Å². The molecule has 0 saturated carbocycles. The van der Waals surface area contributed by atoms with Crippen LogP contribution in [0.4, 0.5) is 0 Å². The molecule has 22 heavy (non-hydrogen) atoms. The van der Waals surface area contributed by atoms with Crippen molar-refractivity contribution in [3.63, 3.8) is 0 Å². The summed E-state index contributed by atoms with van der Waals surface area (Å²) in [5.41, 5.74) is 6.62. The van der Waals surface area contributed by atoms with Gasteiger partial charge >= 0.3 is 5.97 Å². The van der Waals surface area contributed by atoms with Crippen molar-refractivity contribution in [1.82, 2.24) is 0 Å². The first kappa shape index (κ1) is 20.6. The number of carbonyl (C=O) groups is 1. The Morgan fingerprint density at radius 1 is 1.18 bits per heavy atom. The number of hydrogen-bond donors (Lipinski definition) is 3. The van der Waals surface area contributed by atoms with Crippen LogP contribution in [0.2, 0.25) is 0 Å². The predicted molar refractivity (Wildman–Crippen MR) is 86.2 cm³/mol. The van der Waals surface area contributed by atoms with Crippen molar-refractivity contribution in [2.45, 2.75) is 45.9 Å². The highest BCUT2D eigenvalue weighted by Crippen LogP contribution is 2.20. The molecule has 1 aromatic carbocycles. The number of rotatable bonds is 3. The zero-order chi connectivity index (χ0) is 17.7. The van der Waals surface area contributed by atoms with Crippen LogP contribution in [-0.4, -0.2) is 30.1 Å². The molecule has 0 aliphatic heterocycles. The summed E-state index contributed by atoms with van der Waals surface area (Å²) in [6.45, 7) is 8.77. The van der Waals surface area contributed by atoms with Crippen molar-refractivity contribution in [3.05, 3.63) is 35.4 Å². The molecule has 0 bridgehead atoms. The molecule has 1 unspecified atom stereocenters. The number of aryl methyl sites for hydroxylation is 1. The lowest BCUT2D eigenvalue weighted by molar-refractivity contribution is -0.141. The number of nitrogens with two attached hydrogens (primary N) is 1. The second-order valence-electron chi connectivity index (χ2n) is 6.25. The molecule has 1 rings (SSSR count). The topological polar surface area (TPSA) is 118 Å². The molecule has 6 nitrogen and oxygen atoms in total. The molecule has 0 heterocycles. The van der Waals surface area contributed by atoms with Crippen LogP contribution in [0, 0.1) is 12.3 Å². The number of hydrogen-bond acceptors (Lipinski definition) is 4. The summed E-state index contributed by atoms with van der Waals surface area (Å²) in [5, 5.41) is 7.54. The summed E-state index contributed by atoms with van der Waals surface area (Å²) in [4.78, 5) is 10.2. The van der Waals surface area contributed by atoms with E-state index in [-0.39, 0.29) is 5.41 Å². The largest absolute Gasteiger partial charge is 0.480 e. The highest BCUT2D eigenvalue weighted by molar-refractivity contribution is 7.86. The van der Waals surface area contributed by atoms with E-state index in [2.05, 4.69) is 0 Å². The minimum Gasteiger partial charge on any atom is -0.480 e. The highest BCUT2D eigenvalue weighted by Gasteiger charge is 2.26. The van der Waals surface area contributed by atoms with Crippen LogP contribution in [0.25, 0.3) is 0 Å². The van der Waals surface area contributed by atoms with Gasteiger partial charge in [0.25, 0.3) is 10.1 Å². The van der Waals surface area contributed by atoms with Gasteiger partial charge in [0, 0.05) is 0 Å². The average Bonchev–Trinajstić information content (AvgIpc) is 2.36. The van der Waals surface area contributed by atoms with Crippen LogP contribution < -0.4 is 5.73 Å². The van der Waals surface area contributed by atoms with Crippen LogP contribution in [-0.2, 0) is 14.9 Å². The molecule has 0 aromatic heterocycles. The molecule has 0 spiro atoms. The lowest BCUT2D eigenvalue weighted by Gasteiger charge is -2.22. The Labute approximate surface area is 132 Å². The van der Waals surface area contributed by atoms with Crippen LogP contribution in [0.15, 0.2) is 24.3 Å². The van der Waals surface area contributed by atoms with E-state index >= 15 is 0 Å². The highest BCUT2D eigenvalue weighted by atomic mass is 32.2. The summed E-state index contributed by atoms with van der Waals surface area (Å²) in [7, 11) is -3.97. The Hall–Kier alpha value is -1.44. The van der Waals surface area contributed by atoms with E-state index < -0.39 is 27.4 Å². The van der Waals surface area contributed by atoms with Gasteiger partial charge in [-0.15, -0.1) is 0 Å². The van der Waals surface area contributed by atoms with E-state index in [0.29, 0.717) is 5.56 Å². The van der Waals surface area contributed by atoms with E-state index in [1.54, 1.807) is 32.9 Å². The maximum absolute atomic E-state index is 10.8. The average molecular weight is 331 g/mol. The molecule has 1 aromatic rings. The van der Waals surface area contributed by atoms with Gasteiger partial charge in [0.15, 0.2) is 0 Å². The first-order valence-corrected chi connectivity index (χ1v) is 8.28. The monoisotopic (exact) mass is 331 g/mol. The molecule has 7 heteroatoms. The fourth-order valence-electron chi connectivity index (χ4n) is 1.38. The fraction of sp³-hybridized carbons (Fsp3) is 0.533. The van der Waals surface area contributed by atoms with Crippen molar-refractivity contribution < 1.29 is 22.9 Å². The molecule has 0 saturated heterocycles. The van der Waals surface area contributed by atoms with Gasteiger partial charge in [0.2, 0.25) is 0 Å². The van der Waals surface area contributed by atoms with Crippen molar-refractivity contribution in [3.8, 4) is 0 Å². The number of benzene rings is 1. The minimum atomic E-state index is -3.97.